The minimum atomic E-state index is -3.87. The van der Waals surface area contributed by atoms with E-state index in [0.717, 1.165) is 18.6 Å². The molecule has 3 aromatic rings. The maximum atomic E-state index is 12.5. The molecule has 0 atom stereocenters. The van der Waals surface area contributed by atoms with Crippen molar-refractivity contribution in [2.24, 2.45) is 0 Å². The van der Waals surface area contributed by atoms with Crippen LogP contribution in [0.5, 0.6) is 0 Å². The molecule has 0 unspecified atom stereocenters. The summed E-state index contributed by atoms with van der Waals surface area (Å²) < 4.78 is 29.7. The van der Waals surface area contributed by atoms with Crippen LogP contribution in [0.2, 0.25) is 0 Å². The van der Waals surface area contributed by atoms with E-state index in [-0.39, 0.29) is 27.1 Å². The van der Waals surface area contributed by atoms with Crippen LogP contribution in [-0.4, -0.2) is 39.5 Å². The fraction of sp³-hybridized carbons (Fsp3) is 0.0588. The second-order valence-electron chi connectivity index (χ2n) is 5.52. The Morgan fingerprint density at radius 3 is 2.48 bits per heavy atom. The van der Waals surface area contributed by atoms with Crippen molar-refractivity contribution in [3.8, 4) is 6.07 Å². The molecular weight excluding hydrogens is 400 g/mol. The second kappa shape index (κ2) is 7.87. The number of hydrogen-bond acceptors (Lipinski definition) is 10. The molecule has 0 aliphatic carbocycles. The zero-order chi connectivity index (χ0) is 21.0. The Hall–Kier alpha value is -4.11. The summed E-state index contributed by atoms with van der Waals surface area (Å²) in [5.41, 5.74) is -0.539. The fourth-order valence-corrected chi connectivity index (χ4v) is 3.31. The number of amides is 1. The van der Waals surface area contributed by atoms with E-state index in [1.54, 1.807) is 6.07 Å². The third-order valence-corrected chi connectivity index (χ3v) is 5.38. The summed E-state index contributed by atoms with van der Waals surface area (Å²) in [5, 5.41) is 25.0. The van der Waals surface area contributed by atoms with E-state index >= 15 is 0 Å². The molecule has 0 aromatic carbocycles. The zero-order valence-corrected chi connectivity index (χ0v) is 15.6. The van der Waals surface area contributed by atoms with Gasteiger partial charge in [0.25, 0.3) is 5.91 Å². The van der Waals surface area contributed by atoms with E-state index in [2.05, 4.69) is 25.4 Å². The van der Waals surface area contributed by atoms with Crippen LogP contribution in [0.15, 0.2) is 63.0 Å². The number of nitrogens with one attached hydrogen (secondary N) is 1. The molecule has 12 heteroatoms. The van der Waals surface area contributed by atoms with Crippen LogP contribution in [0.3, 0.4) is 0 Å². The molecule has 2 N–H and O–H groups in total. The zero-order valence-electron chi connectivity index (χ0n) is 14.8. The Bertz CT molecular complexity index is 1230. The fourth-order valence-electron chi connectivity index (χ4n) is 2.20. The predicted molar refractivity (Wildman–Crippen MR) is 96.8 cm³/mol. The normalized spacial score (nSPS) is 12.0. The number of aliphatic hydroxyl groups is 1. The SMILES string of the molecule is Cc1oncc1/C(O)=C(\C#N)C(=O)Nc1ncc(S(=O)(=O)c2cccnc2)cn1. The molecule has 146 valence electrons. The van der Waals surface area contributed by atoms with Gasteiger partial charge in [-0.05, 0) is 19.1 Å². The minimum Gasteiger partial charge on any atom is -0.506 e. The number of pyridine rings is 1. The summed E-state index contributed by atoms with van der Waals surface area (Å²) in [7, 11) is -3.87. The molecule has 0 aliphatic heterocycles. The molecular formula is C17H12N6O5S. The number of nitrogens with zero attached hydrogens (tertiary/aromatic N) is 5. The van der Waals surface area contributed by atoms with Gasteiger partial charge in [-0.2, -0.15) is 5.26 Å². The Labute approximate surface area is 164 Å². The van der Waals surface area contributed by atoms with Gasteiger partial charge in [-0.25, -0.2) is 18.4 Å². The number of sulfone groups is 1. The van der Waals surface area contributed by atoms with Crippen LogP contribution in [0.4, 0.5) is 5.95 Å². The van der Waals surface area contributed by atoms with Crippen molar-refractivity contribution < 1.29 is 22.8 Å². The monoisotopic (exact) mass is 412 g/mol. The van der Waals surface area contributed by atoms with Crippen LogP contribution in [0.25, 0.3) is 5.76 Å². The smallest absolute Gasteiger partial charge is 0.272 e. The molecule has 3 aromatic heterocycles. The van der Waals surface area contributed by atoms with Gasteiger partial charge in [-0.15, -0.1) is 0 Å². The van der Waals surface area contributed by atoms with Crippen LogP contribution in [0, 0.1) is 18.3 Å². The summed E-state index contributed by atoms with van der Waals surface area (Å²) in [6, 6.07) is 4.43. The van der Waals surface area contributed by atoms with E-state index in [0.29, 0.717) is 0 Å². The third-order valence-electron chi connectivity index (χ3n) is 3.69. The van der Waals surface area contributed by atoms with Crippen molar-refractivity contribution in [3.63, 3.8) is 0 Å². The predicted octanol–water partition coefficient (Wildman–Crippen LogP) is 1.43. The van der Waals surface area contributed by atoms with Crippen LogP contribution in [-0.2, 0) is 14.6 Å². The van der Waals surface area contributed by atoms with Gasteiger partial charge in [-0.1, -0.05) is 5.16 Å². The quantitative estimate of drug-likeness (QED) is 0.354. The third kappa shape index (κ3) is 3.94. The lowest BCUT2D eigenvalue weighted by atomic mass is 10.1. The van der Waals surface area contributed by atoms with Gasteiger partial charge in [0, 0.05) is 12.4 Å². The standard InChI is InChI=1S/C17H12N6O5S/c1-10-14(9-22-28-10)15(24)13(5-18)16(25)23-17-20-7-12(8-21-17)29(26,27)11-3-2-4-19-6-11/h2-4,6-9,24H,1H3,(H,20,21,23,25)/b15-13-. The highest BCUT2D eigenvalue weighted by Gasteiger charge is 2.22. The highest BCUT2D eigenvalue weighted by atomic mass is 32.2. The summed E-state index contributed by atoms with van der Waals surface area (Å²) in [5.74, 6) is -1.67. The number of aliphatic hydroxyl groups excluding tert-OH is 1. The number of rotatable bonds is 5. The molecule has 0 spiro atoms. The van der Waals surface area contributed by atoms with E-state index in [1.165, 1.54) is 31.5 Å². The first-order chi connectivity index (χ1) is 13.8. The number of carbonyl (C=O) groups is 1. The number of aromatic nitrogens is 4. The van der Waals surface area contributed by atoms with Crippen molar-refractivity contribution in [1.82, 2.24) is 20.1 Å². The van der Waals surface area contributed by atoms with Crippen molar-refractivity contribution in [3.05, 3.63) is 60.0 Å². The first kappa shape index (κ1) is 19.6. The van der Waals surface area contributed by atoms with E-state index < -0.39 is 27.1 Å². The number of anilines is 1. The highest BCUT2D eigenvalue weighted by molar-refractivity contribution is 7.91. The summed E-state index contributed by atoms with van der Waals surface area (Å²) in [6.45, 7) is 1.50. The highest BCUT2D eigenvalue weighted by Crippen LogP contribution is 2.21. The number of carbonyl (C=O) groups excluding carboxylic acids is 1. The van der Waals surface area contributed by atoms with Crippen molar-refractivity contribution >= 4 is 27.5 Å². The minimum absolute atomic E-state index is 0.0379. The van der Waals surface area contributed by atoms with Crippen LogP contribution >= 0.6 is 0 Å². The van der Waals surface area contributed by atoms with E-state index in [9.17, 15) is 23.6 Å². The van der Waals surface area contributed by atoms with Gasteiger partial charge in [0.2, 0.25) is 15.8 Å². The molecule has 11 nitrogen and oxygen atoms in total. The van der Waals surface area contributed by atoms with Crippen molar-refractivity contribution in [2.45, 2.75) is 16.7 Å². The van der Waals surface area contributed by atoms with Crippen LogP contribution < -0.4 is 5.32 Å². The van der Waals surface area contributed by atoms with Gasteiger partial charge in [-0.3, -0.25) is 15.1 Å². The van der Waals surface area contributed by atoms with Gasteiger partial charge in [0.15, 0.2) is 11.3 Å². The lowest BCUT2D eigenvalue weighted by molar-refractivity contribution is -0.112. The molecule has 0 bridgehead atoms. The Morgan fingerprint density at radius 1 is 1.21 bits per heavy atom. The maximum absolute atomic E-state index is 12.5. The second-order valence-corrected chi connectivity index (χ2v) is 7.47. The largest absolute Gasteiger partial charge is 0.506 e. The number of aryl methyl sites for hydroxylation is 1. The topological polar surface area (TPSA) is 172 Å². The Balaban J connectivity index is 1.84. The Morgan fingerprint density at radius 2 is 1.93 bits per heavy atom. The molecule has 29 heavy (non-hydrogen) atoms. The summed E-state index contributed by atoms with van der Waals surface area (Å²) in [6.07, 6.45) is 5.79. The molecule has 0 radical (unpaired) electrons. The van der Waals surface area contributed by atoms with E-state index in [4.69, 9.17) is 4.52 Å². The molecule has 0 saturated heterocycles. The Kier molecular flexibility index (Phi) is 5.33. The molecule has 0 aliphatic rings. The number of hydrogen-bond donors (Lipinski definition) is 2. The first-order valence-corrected chi connectivity index (χ1v) is 9.36. The average molecular weight is 412 g/mol. The van der Waals surface area contributed by atoms with Crippen molar-refractivity contribution in [1.29, 1.82) is 5.26 Å². The maximum Gasteiger partial charge on any atom is 0.272 e. The van der Waals surface area contributed by atoms with E-state index in [1.807, 2.05) is 0 Å². The molecule has 0 fully saturated rings. The summed E-state index contributed by atoms with van der Waals surface area (Å²) in [4.78, 5) is 23.4. The van der Waals surface area contributed by atoms with Crippen molar-refractivity contribution in [2.75, 3.05) is 5.32 Å². The molecule has 3 heterocycles. The first-order valence-electron chi connectivity index (χ1n) is 7.88. The molecule has 3 rings (SSSR count). The lowest BCUT2D eigenvalue weighted by Crippen LogP contribution is -2.17. The van der Waals surface area contributed by atoms with Gasteiger partial charge >= 0.3 is 0 Å². The lowest BCUT2D eigenvalue weighted by Gasteiger charge is -2.06. The number of nitriles is 1. The summed E-state index contributed by atoms with van der Waals surface area (Å²) >= 11 is 0. The molecule has 1 amide bonds. The molecule has 0 saturated carbocycles. The van der Waals surface area contributed by atoms with Gasteiger partial charge in [0.05, 0.1) is 29.0 Å². The average Bonchev–Trinajstić information content (AvgIpc) is 3.15. The van der Waals surface area contributed by atoms with Gasteiger partial charge in [0.1, 0.15) is 16.7 Å². The van der Waals surface area contributed by atoms with Crippen LogP contribution in [0.1, 0.15) is 11.3 Å². The van der Waals surface area contributed by atoms with Gasteiger partial charge < -0.3 is 9.63 Å².